The van der Waals surface area contributed by atoms with Crippen molar-refractivity contribution < 1.29 is 9.59 Å². The van der Waals surface area contributed by atoms with E-state index >= 15 is 0 Å². The van der Waals surface area contributed by atoms with E-state index in [-0.39, 0.29) is 11.8 Å². The quantitative estimate of drug-likeness (QED) is 0.860. The van der Waals surface area contributed by atoms with Crippen LogP contribution in [0.3, 0.4) is 0 Å². The van der Waals surface area contributed by atoms with E-state index in [0.29, 0.717) is 19.4 Å². The van der Waals surface area contributed by atoms with Crippen LogP contribution in [0.2, 0.25) is 0 Å². The van der Waals surface area contributed by atoms with E-state index in [9.17, 15) is 9.59 Å². The van der Waals surface area contributed by atoms with Crippen LogP contribution < -0.4 is 5.32 Å². The molecule has 1 N–H and O–H groups in total. The third kappa shape index (κ3) is 4.68. The summed E-state index contributed by atoms with van der Waals surface area (Å²) < 4.78 is 0. The number of nitrogens with one attached hydrogen (secondary N) is 1. The second kappa shape index (κ2) is 7.68. The van der Waals surface area contributed by atoms with Crippen molar-refractivity contribution in [3.05, 3.63) is 42.4 Å². The Morgan fingerprint density at radius 2 is 2.05 bits per heavy atom. The monoisotopic (exact) mass is 273 g/mol. The van der Waals surface area contributed by atoms with Crippen molar-refractivity contribution in [2.24, 2.45) is 0 Å². The molecule has 0 saturated carbocycles. The van der Waals surface area contributed by atoms with Crippen LogP contribution in [-0.2, 0) is 16.0 Å². The van der Waals surface area contributed by atoms with E-state index in [0.717, 1.165) is 25.8 Å². The predicted molar refractivity (Wildman–Crippen MR) is 77.6 cm³/mol. The smallest absolute Gasteiger partial charge is 0.222 e. The highest BCUT2D eigenvalue weighted by atomic mass is 16.2. The summed E-state index contributed by atoms with van der Waals surface area (Å²) in [5.41, 5.74) is 1.17. The summed E-state index contributed by atoms with van der Waals surface area (Å²) >= 11 is 0. The van der Waals surface area contributed by atoms with Crippen molar-refractivity contribution in [1.82, 2.24) is 10.2 Å². The van der Waals surface area contributed by atoms with Crippen LogP contribution in [0.15, 0.2) is 30.3 Å². The van der Waals surface area contributed by atoms with E-state index in [4.69, 9.17) is 0 Å². The van der Waals surface area contributed by atoms with Gasteiger partial charge in [-0.05, 0) is 24.8 Å². The average molecular weight is 273 g/mol. The third-order valence-corrected chi connectivity index (χ3v) is 3.47. The highest BCUT2D eigenvalue weighted by Gasteiger charge is 2.18. The molecule has 107 valence electrons. The molecular weight excluding hydrogens is 252 g/mol. The molecule has 1 fully saturated rings. The molecule has 1 saturated heterocycles. The van der Waals surface area contributed by atoms with Crippen molar-refractivity contribution in [2.45, 2.75) is 32.1 Å². The fraction of sp³-hybridized carbons (Fsp3) is 0.438. The zero-order valence-corrected chi connectivity index (χ0v) is 11.7. The summed E-state index contributed by atoms with van der Waals surface area (Å²) in [7, 11) is 0. The Hall–Kier alpha value is -1.84. The molecule has 1 aromatic rings. The van der Waals surface area contributed by atoms with Crippen LogP contribution >= 0.6 is 0 Å². The molecule has 1 aliphatic rings. The van der Waals surface area contributed by atoms with Crippen molar-refractivity contribution in [1.29, 1.82) is 0 Å². The zero-order chi connectivity index (χ0) is 14.2. The van der Waals surface area contributed by atoms with Gasteiger partial charge in [0.05, 0.1) is 6.54 Å². The number of amides is 2. The molecule has 4 nitrogen and oxygen atoms in total. The topological polar surface area (TPSA) is 49.4 Å². The number of hydrogen-bond acceptors (Lipinski definition) is 2. The minimum absolute atomic E-state index is 0.0284. The van der Waals surface area contributed by atoms with Gasteiger partial charge in [-0.2, -0.15) is 0 Å². The maximum Gasteiger partial charge on any atom is 0.222 e. The Bertz CT molecular complexity index is 445. The predicted octanol–water partition coefficient (Wildman–Crippen LogP) is 1.91. The maximum absolute atomic E-state index is 11.7. The highest BCUT2D eigenvalue weighted by molar-refractivity contribution is 5.79. The largest absolute Gasteiger partial charge is 0.351 e. The lowest BCUT2D eigenvalue weighted by Gasteiger charge is -2.26. The summed E-state index contributed by atoms with van der Waals surface area (Å²) in [5.74, 6) is 0.150. The Labute approximate surface area is 120 Å². The average Bonchev–Trinajstić information content (AvgIpc) is 2.47. The molecule has 2 amide bonds. The number of hydrogen-bond donors (Lipinski definition) is 1. The van der Waals surface area contributed by atoms with E-state index < -0.39 is 0 Å². The summed E-state index contributed by atoms with van der Waals surface area (Å²) in [6.45, 7) is 3.10. The van der Waals surface area contributed by atoms with Gasteiger partial charge in [-0.3, -0.25) is 9.59 Å². The standard InChI is InChI=1S/C16H21N2O2/c19-15(10-13-18-12-5-4-8-16(18)20)17-11-9-14-6-2-1-3-7-14/h1-3,6-7,11H,4-5,8-10,12-13H2,(H,17,19). The van der Waals surface area contributed by atoms with Gasteiger partial charge in [0.15, 0.2) is 0 Å². The first-order valence-electron chi connectivity index (χ1n) is 7.18. The molecule has 1 aromatic carbocycles. The molecule has 1 radical (unpaired) electrons. The van der Waals surface area contributed by atoms with Crippen LogP contribution in [0.5, 0.6) is 0 Å². The summed E-state index contributed by atoms with van der Waals surface area (Å²) in [5, 5.41) is 2.78. The fourth-order valence-electron chi connectivity index (χ4n) is 2.30. The van der Waals surface area contributed by atoms with Crippen molar-refractivity contribution in [3.63, 3.8) is 0 Å². The van der Waals surface area contributed by atoms with Gasteiger partial charge in [0.2, 0.25) is 11.8 Å². The van der Waals surface area contributed by atoms with Crippen molar-refractivity contribution in [2.75, 3.05) is 13.1 Å². The number of carbonyl (C=O) groups is 2. The third-order valence-electron chi connectivity index (χ3n) is 3.47. The van der Waals surface area contributed by atoms with Crippen LogP contribution in [0.4, 0.5) is 0 Å². The summed E-state index contributed by atoms with van der Waals surface area (Å²) in [4.78, 5) is 25.1. The molecule has 0 atom stereocenters. The molecular formula is C16H21N2O2. The van der Waals surface area contributed by atoms with Gasteiger partial charge >= 0.3 is 0 Å². The Morgan fingerprint density at radius 3 is 2.80 bits per heavy atom. The highest BCUT2D eigenvalue weighted by Crippen LogP contribution is 2.10. The van der Waals surface area contributed by atoms with Gasteiger partial charge in [0, 0.05) is 25.9 Å². The van der Waals surface area contributed by atoms with E-state index in [1.165, 1.54) is 5.56 Å². The number of rotatable bonds is 6. The van der Waals surface area contributed by atoms with Crippen LogP contribution in [0.1, 0.15) is 31.2 Å². The first kappa shape index (κ1) is 14.6. The van der Waals surface area contributed by atoms with Crippen LogP contribution in [0, 0.1) is 6.54 Å². The second-order valence-electron chi connectivity index (χ2n) is 5.05. The molecule has 0 unspecified atom stereocenters. The fourth-order valence-corrected chi connectivity index (χ4v) is 2.30. The minimum Gasteiger partial charge on any atom is -0.351 e. The first-order valence-corrected chi connectivity index (χ1v) is 7.18. The van der Waals surface area contributed by atoms with Gasteiger partial charge in [-0.1, -0.05) is 30.3 Å². The molecule has 20 heavy (non-hydrogen) atoms. The molecule has 1 heterocycles. The number of likely N-dealkylation sites (tertiary alicyclic amines) is 1. The van der Waals surface area contributed by atoms with Gasteiger partial charge < -0.3 is 10.2 Å². The van der Waals surface area contributed by atoms with Gasteiger partial charge in [0.1, 0.15) is 0 Å². The van der Waals surface area contributed by atoms with E-state index in [1.54, 1.807) is 11.4 Å². The minimum atomic E-state index is -0.0284. The van der Waals surface area contributed by atoms with Crippen molar-refractivity contribution in [3.8, 4) is 0 Å². The number of piperidine rings is 1. The second-order valence-corrected chi connectivity index (χ2v) is 5.05. The lowest BCUT2D eigenvalue weighted by molar-refractivity contribution is -0.133. The molecule has 0 bridgehead atoms. The van der Waals surface area contributed by atoms with E-state index in [1.807, 2.05) is 30.3 Å². The Kier molecular flexibility index (Phi) is 5.59. The first-order chi connectivity index (χ1) is 9.75. The number of nitrogens with zero attached hydrogens (tertiary/aromatic N) is 1. The molecule has 1 aliphatic heterocycles. The lowest BCUT2D eigenvalue weighted by Crippen LogP contribution is -2.38. The molecule has 2 rings (SSSR count). The van der Waals surface area contributed by atoms with Crippen molar-refractivity contribution >= 4 is 11.8 Å². The molecule has 0 aromatic heterocycles. The summed E-state index contributed by atoms with van der Waals surface area (Å²) in [6.07, 6.45) is 3.74. The van der Waals surface area contributed by atoms with Crippen LogP contribution in [0.25, 0.3) is 0 Å². The zero-order valence-electron chi connectivity index (χ0n) is 11.7. The SMILES string of the molecule is O=C(CCN1CCCCC1=O)N[CH]Cc1ccccc1. The molecule has 0 spiro atoms. The summed E-state index contributed by atoms with van der Waals surface area (Å²) in [6, 6.07) is 9.97. The van der Waals surface area contributed by atoms with Gasteiger partial charge in [-0.15, -0.1) is 0 Å². The van der Waals surface area contributed by atoms with Gasteiger partial charge in [0.25, 0.3) is 0 Å². The van der Waals surface area contributed by atoms with E-state index in [2.05, 4.69) is 5.32 Å². The Balaban J connectivity index is 1.62. The van der Waals surface area contributed by atoms with Crippen LogP contribution in [-0.4, -0.2) is 29.8 Å². The Morgan fingerprint density at radius 1 is 1.25 bits per heavy atom. The number of carbonyl (C=O) groups excluding carboxylic acids is 2. The lowest BCUT2D eigenvalue weighted by atomic mass is 10.1. The molecule has 0 aliphatic carbocycles. The normalized spacial score (nSPS) is 15.2. The number of benzene rings is 1. The molecule has 4 heteroatoms. The van der Waals surface area contributed by atoms with Gasteiger partial charge in [-0.25, -0.2) is 0 Å². The maximum atomic E-state index is 11.7.